The van der Waals surface area contributed by atoms with Crippen LogP contribution in [-0.2, 0) is 26.2 Å². The van der Waals surface area contributed by atoms with Gasteiger partial charge in [-0.1, -0.05) is 79.4 Å². The number of aryl methyl sites for hydroxylation is 1. The number of anilines is 1. The van der Waals surface area contributed by atoms with E-state index in [2.05, 4.69) is 5.32 Å². The molecule has 0 fully saturated rings. The zero-order chi connectivity index (χ0) is 29.3. The molecule has 0 aliphatic heterocycles. The average Bonchev–Trinajstić information content (AvgIpc) is 2.93. The number of sulfonamides is 1. The molecule has 7 nitrogen and oxygen atoms in total. The van der Waals surface area contributed by atoms with Gasteiger partial charge >= 0.3 is 0 Å². The van der Waals surface area contributed by atoms with E-state index >= 15 is 0 Å². The Hall–Kier alpha value is -3.07. The maximum atomic E-state index is 14.1. The topological polar surface area (TPSA) is 86.8 Å². The summed E-state index contributed by atoms with van der Waals surface area (Å²) in [5.41, 5.74) is 1.92. The zero-order valence-electron chi connectivity index (χ0n) is 22.9. The quantitative estimate of drug-likeness (QED) is 0.235. The van der Waals surface area contributed by atoms with Gasteiger partial charge in [-0.05, 0) is 67.8 Å². The number of hydrogen-bond donors (Lipinski definition) is 1. The van der Waals surface area contributed by atoms with Crippen molar-refractivity contribution >= 4 is 50.7 Å². The molecule has 0 saturated carbocycles. The first-order valence-electron chi connectivity index (χ1n) is 13.2. The fourth-order valence-corrected chi connectivity index (χ4v) is 5.95. The summed E-state index contributed by atoms with van der Waals surface area (Å²) in [4.78, 5) is 28.7. The van der Waals surface area contributed by atoms with E-state index in [4.69, 9.17) is 23.2 Å². The van der Waals surface area contributed by atoms with Crippen LogP contribution >= 0.6 is 23.2 Å². The van der Waals surface area contributed by atoms with Crippen LogP contribution in [0.25, 0.3) is 0 Å². The van der Waals surface area contributed by atoms with E-state index in [1.165, 1.54) is 29.2 Å². The number of carbonyl (C=O) groups is 2. The summed E-state index contributed by atoms with van der Waals surface area (Å²) in [6.07, 6.45) is 2.05. The Bertz CT molecular complexity index is 1400. The fraction of sp³-hybridized carbons (Fsp3) is 0.333. The number of benzene rings is 3. The van der Waals surface area contributed by atoms with E-state index in [0.29, 0.717) is 34.3 Å². The minimum Gasteiger partial charge on any atom is -0.354 e. The molecule has 40 heavy (non-hydrogen) atoms. The van der Waals surface area contributed by atoms with Gasteiger partial charge in [0.2, 0.25) is 11.8 Å². The molecule has 0 heterocycles. The Balaban J connectivity index is 2.04. The van der Waals surface area contributed by atoms with Gasteiger partial charge in [-0.2, -0.15) is 0 Å². The van der Waals surface area contributed by atoms with E-state index in [9.17, 15) is 18.0 Å². The van der Waals surface area contributed by atoms with Crippen LogP contribution in [-0.4, -0.2) is 44.3 Å². The Kier molecular flexibility index (Phi) is 11.4. The summed E-state index contributed by atoms with van der Waals surface area (Å²) in [6.45, 7) is 5.75. The van der Waals surface area contributed by atoms with Crippen molar-refractivity contribution in [2.45, 2.75) is 57.5 Å². The van der Waals surface area contributed by atoms with Crippen molar-refractivity contribution in [3.63, 3.8) is 0 Å². The molecule has 1 N–H and O–H groups in total. The van der Waals surface area contributed by atoms with Crippen LogP contribution in [0.4, 0.5) is 5.69 Å². The second-order valence-electron chi connectivity index (χ2n) is 9.48. The van der Waals surface area contributed by atoms with Crippen LogP contribution in [0.15, 0.2) is 77.7 Å². The summed E-state index contributed by atoms with van der Waals surface area (Å²) in [6, 6.07) is 18.9. The summed E-state index contributed by atoms with van der Waals surface area (Å²) in [7, 11) is -4.16. The van der Waals surface area contributed by atoms with Crippen molar-refractivity contribution in [2.75, 3.05) is 17.4 Å². The lowest BCUT2D eigenvalue weighted by Gasteiger charge is -2.33. The first kappa shape index (κ1) is 31.5. The number of halogens is 2. The highest BCUT2D eigenvalue weighted by molar-refractivity contribution is 7.92. The lowest BCUT2D eigenvalue weighted by atomic mass is 10.1. The number of hydrogen-bond acceptors (Lipinski definition) is 4. The third-order valence-corrected chi connectivity index (χ3v) is 8.93. The molecule has 0 bridgehead atoms. The molecule has 0 aromatic heterocycles. The molecule has 0 saturated heterocycles. The predicted molar refractivity (Wildman–Crippen MR) is 161 cm³/mol. The molecule has 3 rings (SSSR count). The van der Waals surface area contributed by atoms with E-state index in [1.807, 2.05) is 20.8 Å². The zero-order valence-corrected chi connectivity index (χ0v) is 25.3. The molecule has 1 atom stereocenters. The van der Waals surface area contributed by atoms with Crippen molar-refractivity contribution in [3.8, 4) is 0 Å². The first-order chi connectivity index (χ1) is 19.1. The lowest BCUT2D eigenvalue weighted by Crippen LogP contribution is -2.52. The predicted octanol–water partition coefficient (Wildman–Crippen LogP) is 6.22. The maximum absolute atomic E-state index is 14.1. The third-order valence-electron chi connectivity index (χ3n) is 6.52. The highest BCUT2D eigenvalue weighted by Gasteiger charge is 2.33. The van der Waals surface area contributed by atoms with Gasteiger partial charge in [0.25, 0.3) is 10.0 Å². The smallest absolute Gasteiger partial charge is 0.264 e. The molecule has 0 unspecified atom stereocenters. The molecule has 3 aromatic carbocycles. The van der Waals surface area contributed by atoms with Gasteiger partial charge in [-0.15, -0.1) is 0 Å². The van der Waals surface area contributed by atoms with Crippen LogP contribution in [0.1, 0.15) is 44.2 Å². The van der Waals surface area contributed by atoms with Gasteiger partial charge in [0.1, 0.15) is 12.6 Å². The van der Waals surface area contributed by atoms with E-state index in [0.717, 1.165) is 22.7 Å². The molecule has 214 valence electrons. The van der Waals surface area contributed by atoms with Crippen LogP contribution in [0.2, 0.25) is 10.0 Å². The maximum Gasteiger partial charge on any atom is 0.264 e. The minimum absolute atomic E-state index is 0.00715. The van der Waals surface area contributed by atoms with Crippen LogP contribution in [0, 0.1) is 6.92 Å². The van der Waals surface area contributed by atoms with E-state index in [1.54, 1.807) is 48.5 Å². The van der Waals surface area contributed by atoms with Crippen molar-refractivity contribution in [1.29, 1.82) is 0 Å². The Morgan fingerprint density at radius 3 is 2.17 bits per heavy atom. The molecular formula is C30H35Cl2N3O4S. The Labute approximate surface area is 247 Å². The molecule has 3 aromatic rings. The molecule has 10 heteroatoms. The van der Waals surface area contributed by atoms with Gasteiger partial charge in [-0.25, -0.2) is 8.42 Å². The second kappa shape index (κ2) is 14.5. The van der Waals surface area contributed by atoms with E-state index < -0.39 is 28.5 Å². The fourth-order valence-electron chi connectivity index (χ4n) is 4.21. The van der Waals surface area contributed by atoms with Gasteiger partial charge in [0.15, 0.2) is 0 Å². The first-order valence-corrected chi connectivity index (χ1v) is 15.4. The van der Waals surface area contributed by atoms with Gasteiger partial charge in [0.05, 0.1) is 10.6 Å². The molecule has 2 amide bonds. The summed E-state index contributed by atoms with van der Waals surface area (Å²) in [5, 5.41) is 3.75. The molecule has 0 radical (unpaired) electrons. The van der Waals surface area contributed by atoms with Crippen molar-refractivity contribution in [3.05, 3.63) is 94.0 Å². The van der Waals surface area contributed by atoms with Crippen molar-refractivity contribution in [2.24, 2.45) is 0 Å². The van der Waals surface area contributed by atoms with Gasteiger partial charge in [-0.3, -0.25) is 13.9 Å². The standard InChI is InChI=1S/C30H35Cl2N3O4S/c1-4-6-19-33-30(37)28(5-2)34(20-23-9-7-8-10-27(23)32)29(36)21-35(25-15-11-22(3)12-16-25)40(38,39)26-17-13-24(31)14-18-26/h7-18,28H,4-6,19-21H2,1-3H3,(H,33,37)/t28-/m1/s1. The van der Waals surface area contributed by atoms with E-state index in [-0.39, 0.29) is 17.3 Å². The summed E-state index contributed by atoms with van der Waals surface area (Å²) >= 11 is 12.4. The Morgan fingerprint density at radius 2 is 1.57 bits per heavy atom. The largest absolute Gasteiger partial charge is 0.354 e. The highest BCUT2D eigenvalue weighted by atomic mass is 35.5. The monoisotopic (exact) mass is 603 g/mol. The average molecular weight is 605 g/mol. The minimum atomic E-state index is -4.16. The van der Waals surface area contributed by atoms with Crippen molar-refractivity contribution in [1.82, 2.24) is 10.2 Å². The number of nitrogens with zero attached hydrogens (tertiary/aromatic N) is 2. The van der Waals surface area contributed by atoms with Crippen LogP contribution in [0.3, 0.4) is 0 Å². The summed E-state index contributed by atoms with van der Waals surface area (Å²) in [5.74, 6) is -0.825. The third kappa shape index (κ3) is 7.99. The second-order valence-corrected chi connectivity index (χ2v) is 12.2. The normalized spacial score (nSPS) is 12.0. The van der Waals surface area contributed by atoms with Gasteiger partial charge in [0, 0.05) is 23.1 Å². The highest BCUT2D eigenvalue weighted by Crippen LogP contribution is 2.27. The molecule has 0 aliphatic carbocycles. The number of rotatable bonds is 13. The molecule has 0 aliphatic rings. The number of nitrogens with one attached hydrogen (secondary N) is 1. The molecular weight excluding hydrogens is 569 g/mol. The van der Waals surface area contributed by atoms with Crippen LogP contribution < -0.4 is 9.62 Å². The SMILES string of the molecule is CCCCNC(=O)[C@@H](CC)N(Cc1ccccc1Cl)C(=O)CN(c1ccc(C)cc1)S(=O)(=O)c1ccc(Cl)cc1. The van der Waals surface area contributed by atoms with Crippen LogP contribution in [0.5, 0.6) is 0 Å². The van der Waals surface area contributed by atoms with Gasteiger partial charge < -0.3 is 10.2 Å². The number of unbranched alkanes of at least 4 members (excludes halogenated alkanes) is 1. The number of carbonyl (C=O) groups excluding carboxylic acids is 2. The Morgan fingerprint density at radius 1 is 0.925 bits per heavy atom. The number of amides is 2. The molecule has 0 spiro atoms. The lowest BCUT2D eigenvalue weighted by molar-refractivity contribution is -0.140. The summed E-state index contributed by atoms with van der Waals surface area (Å²) < 4.78 is 28.8. The van der Waals surface area contributed by atoms with Crippen molar-refractivity contribution < 1.29 is 18.0 Å².